The minimum absolute atomic E-state index is 0.219. The van der Waals surface area contributed by atoms with Crippen molar-refractivity contribution in [1.82, 2.24) is 10.3 Å². The molecular formula is C10H14F2N2O. The normalized spacial score (nSPS) is 11.5. The van der Waals surface area contributed by atoms with E-state index in [0.29, 0.717) is 6.54 Å². The van der Waals surface area contributed by atoms with E-state index in [1.165, 1.54) is 0 Å². The molecule has 0 saturated heterocycles. The first-order valence-corrected chi connectivity index (χ1v) is 4.61. The van der Waals surface area contributed by atoms with Gasteiger partial charge < -0.3 is 10.1 Å². The molecule has 5 heteroatoms. The van der Waals surface area contributed by atoms with Crippen LogP contribution in [0.5, 0.6) is 5.88 Å². The van der Waals surface area contributed by atoms with E-state index < -0.39 is 12.5 Å². The number of hydrogen-bond donors (Lipinski definition) is 1. The van der Waals surface area contributed by atoms with Gasteiger partial charge in [-0.3, -0.25) is 0 Å². The average Bonchev–Trinajstić information content (AvgIpc) is 2.16. The summed E-state index contributed by atoms with van der Waals surface area (Å²) in [5.74, 6) is -2.61. The van der Waals surface area contributed by atoms with Gasteiger partial charge >= 0.3 is 0 Å². The van der Waals surface area contributed by atoms with Crippen molar-refractivity contribution in [2.75, 3.05) is 13.7 Å². The number of nitrogens with one attached hydrogen (secondary N) is 1. The van der Waals surface area contributed by atoms with Crippen molar-refractivity contribution < 1.29 is 13.5 Å². The Morgan fingerprint density at radius 3 is 2.67 bits per heavy atom. The molecule has 0 fully saturated rings. The lowest BCUT2D eigenvalue weighted by Crippen LogP contribution is -2.21. The van der Waals surface area contributed by atoms with E-state index in [2.05, 4.69) is 10.3 Å². The zero-order chi connectivity index (χ0) is 11.3. The molecule has 1 heterocycles. The van der Waals surface area contributed by atoms with Crippen LogP contribution in [0.4, 0.5) is 8.78 Å². The van der Waals surface area contributed by atoms with Gasteiger partial charge in [0.1, 0.15) is 0 Å². The third kappa shape index (κ3) is 4.69. The van der Waals surface area contributed by atoms with E-state index in [4.69, 9.17) is 4.74 Å². The Bertz CT molecular complexity index is 295. The quantitative estimate of drug-likeness (QED) is 0.815. The van der Waals surface area contributed by atoms with Crippen LogP contribution in [0.25, 0.3) is 0 Å². The number of pyridine rings is 1. The molecule has 0 amide bonds. The van der Waals surface area contributed by atoms with Crippen molar-refractivity contribution in [3.63, 3.8) is 0 Å². The molecule has 0 aromatic carbocycles. The molecule has 0 aliphatic heterocycles. The minimum atomic E-state index is -2.83. The monoisotopic (exact) mass is 216 g/mol. The molecule has 0 unspecified atom stereocenters. The standard InChI is InChI=1S/C10H14F2N2O/c1-10(11,12)7-15-9-4-3-8(5-13-2)6-14-9/h3-4,6,13H,5,7H2,1-2H3. The van der Waals surface area contributed by atoms with Crippen molar-refractivity contribution in [3.8, 4) is 5.88 Å². The Balaban J connectivity index is 2.50. The van der Waals surface area contributed by atoms with Gasteiger partial charge in [-0.25, -0.2) is 13.8 Å². The Morgan fingerprint density at radius 2 is 2.20 bits per heavy atom. The van der Waals surface area contributed by atoms with E-state index in [1.807, 2.05) is 7.05 Å². The average molecular weight is 216 g/mol. The predicted octanol–water partition coefficient (Wildman–Crippen LogP) is 1.83. The third-order valence-electron chi connectivity index (χ3n) is 1.65. The molecule has 3 nitrogen and oxygen atoms in total. The zero-order valence-corrected chi connectivity index (χ0v) is 8.76. The van der Waals surface area contributed by atoms with E-state index in [0.717, 1.165) is 12.5 Å². The van der Waals surface area contributed by atoms with Crippen LogP contribution < -0.4 is 10.1 Å². The van der Waals surface area contributed by atoms with Crippen LogP contribution in [0.15, 0.2) is 18.3 Å². The third-order valence-corrected chi connectivity index (χ3v) is 1.65. The summed E-state index contributed by atoms with van der Waals surface area (Å²) >= 11 is 0. The van der Waals surface area contributed by atoms with Gasteiger partial charge in [-0.1, -0.05) is 6.07 Å². The maximum Gasteiger partial charge on any atom is 0.278 e. The summed E-state index contributed by atoms with van der Waals surface area (Å²) in [6.45, 7) is 0.852. The molecule has 84 valence electrons. The Hall–Kier alpha value is -1.23. The Labute approximate surface area is 87.5 Å². The van der Waals surface area contributed by atoms with Gasteiger partial charge in [-0.05, 0) is 12.6 Å². The number of nitrogens with zero attached hydrogens (tertiary/aromatic N) is 1. The topological polar surface area (TPSA) is 34.1 Å². The maximum absolute atomic E-state index is 12.4. The first-order valence-electron chi connectivity index (χ1n) is 4.61. The molecule has 1 aromatic heterocycles. The largest absolute Gasteiger partial charge is 0.471 e. The summed E-state index contributed by atoms with van der Waals surface area (Å²) < 4.78 is 29.7. The molecule has 15 heavy (non-hydrogen) atoms. The van der Waals surface area contributed by atoms with Crippen molar-refractivity contribution in [3.05, 3.63) is 23.9 Å². The number of alkyl halides is 2. The summed E-state index contributed by atoms with van der Waals surface area (Å²) in [6, 6.07) is 3.37. The molecule has 1 rings (SSSR count). The second-order valence-corrected chi connectivity index (χ2v) is 3.39. The van der Waals surface area contributed by atoms with Crippen molar-refractivity contribution >= 4 is 0 Å². The van der Waals surface area contributed by atoms with Crippen LogP contribution in [0.1, 0.15) is 12.5 Å². The lowest BCUT2D eigenvalue weighted by atomic mass is 10.3. The smallest absolute Gasteiger partial charge is 0.278 e. The van der Waals surface area contributed by atoms with Crippen molar-refractivity contribution in [2.24, 2.45) is 0 Å². The highest BCUT2D eigenvalue weighted by Gasteiger charge is 2.22. The van der Waals surface area contributed by atoms with Gasteiger partial charge in [0.25, 0.3) is 5.92 Å². The number of rotatable bonds is 5. The van der Waals surface area contributed by atoms with Crippen molar-refractivity contribution in [2.45, 2.75) is 19.4 Å². The number of ether oxygens (including phenoxy) is 1. The van der Waals surface area contributed by atoms with Gasteiger partial charge in [0.2, 0.25) is 5.88 Å². The molecule has 0 atom stereocenters. The zero-order valence-electron chi connectivity index (χ0n) is 8.76. The van der Waals surface area contributed by atoms with Crippen LogP contribution >= 0.6 is 0 Å². The molecular weight excluding hydrogens is 202 g/mol. The Kier molecular flexibility index (Phi) is 3.96. The van der Waals surface area contributed by atoms with Crippen LogP contribution in [-0.2, 0) is 6.54 Å². The molecule has 0 saturated carbocycles. The summed E-state index contributed by atoms with van der Waals surface area (Å²) in [4.78, 5) is 3.90. The van der Waals surface area contributed by atoms with Crippen LogP contribution in [0, 0.1) is 0 Å². The molecule has 1 aromatic rings. The van der Waals surface area contributed by atoms with Gasteiger partial charge in [0, 0.05) is 25.7 Å². The minimum Gasteiger partial charge on any atom is -0.471 e. The van der Waals surface area contributed by atoms with Gasteiger partial charge in [0.15, 0.2) is 6.61 Å². The highest BCUT2D eigenvalue weighted by Crippen LogP contribution is 2.14. The number of halogens is 2. The van der Waals surface area contributed by atoms with Gasteiger partial charge in [-0.2, -0.15) is 0 Å². The predicted molar refractivity (Wildman–Crippen MR) is 53.1 cm³/mol. The molecule has 0 radical (unpaired) electrons. The highest BCUT2D eigenvalue weighted by atomic mass is 19.3. The van der Waals surface area contributed by atoms with Crippen LogP contribution in [-0.4, -0.2) is 24.6 Å². The lowest BCUT2D eigenvalue weighted by molar-refractivity contribution is -0.0242. The summed E-state index contributed by atoms with van der Waals surface area (Å²) in [5, 5.41) is 2.96. The van der Waals surface area contributed by atoms with Gasteiger partial charge in [-0.15, -0.1) is 0 Å². The first kappa shape index (κ1) is 11.8. The summed E-state index contributed by atoms with van der Waals surface area (Å²) in [5.41, 5.74) is 0.980. The van der Waals surface area contributed by atoms with E-state index in [-0.39, 0.29) is 5.88 Å². The summed E-state index contributed by atoms with van der Waals surface area (Å²) in [6.07, 6.45) is 1.60. The fourth-order valence-corrected chi connectivity index (χ4v) is 1.01. The van der Waals surface area contributed by atoms with E-state index in [1.54, 1.807) is 18.3 Å². The van der Waals surface area contributed by atoms with Crippen molar-refractivity contribution in [1.29, 1.82) is 0 Å². The fourth-order valence-electron chi connectivity index (χ4n) is 1.01. The summed E-state index contributed by atoms with van der Waals surface area (Å²) in [7, 11) is 1.82. The second-order valence-electron chi connectivity index (χ2n) is 3.39. The number of aromatic nitrogens is 1. The molecule has 0 aliphatic rings. The SMILES string of the molecule is CNCc1ccc(OCC(C)(F)F)nc1. The van der Waals surface area contributed by atoms with Gasteiger partial charge in [0.05, 0.1) is 0 Å². The molecule has 0 bridgehead atoms. The lowest BCUT2D eigenvalue weighted by Gasteiger charge is -2.11. The highest BCUT2D eigenvalue weighted by molar-refractivity contribution is 5.17. The molecule has 0 aliphatic carbocycles. The Morgan fingerprint density at radius 1 is 1.47 bits per heavy atom. The maximum atomic E-state index is 12.4. The van der Waals surface area contributed by atoms with E-state index >= 15 is 0 Å². The van der Waals surface area contributed by atoms with Crippen LogP contribution in [0.3, 0.4) is 0 Å². The fraction of sp³-hybridized carbons (Fsp3) is 0.500. The number of hydrogen-bond acceptors (Lipinski definition) is 3. The molecule has 1 N–H and O–H groups in total. The van der Waals surface area contributed by atoms with E-state index in [9.17, 15) is 8.78 Å². The van der Waals surface area contributed by atoms with Crippen LogP contribution in [0.2, 0.25) is 0 Å². The first-order chi connectivity index (χ1) is 7.01. The second kappa shape index (κ2) is 5.02. The molecule has 0 spiro atoms.